The van der Waals surface area contributed by atoms with Crippen molar-refractivity contribution in [3.05, 3.63) is 23.8 Å². The summed E-state index contributed by atoms with van der Waals surface area (Å²) in [7, 11) is 3.50. The zero-order valence-electron chi connectivity index (χ0n) is 25.0. The minimum atomic E-state index is -4.41. The van der Waals surface area contributed by atoms with Crippen molar-refractivity contribution in [1.82, 2.24) is 19.6 Å². The molecule has 3 aliphatic heterocycles. The first-order valence-corrected chi connectivity index (χ1v) is 14.7. The van der Waals surface area contributed by atoms with E-state index >= 15 is 0 Å². The summed E-state index contributed by atoms with van der Waals surface area (Å²) in [5, 5.41) is 0. The number of hydrogen-bond acceptors (Lipinski definition) is 5. The lowest BCUT2D eigenvalue weighted by Crippen LogP contribution is -2.60. The molecule has 40 heavy (non-hydrogen) atoms. The zero-order valence-corrected chi connectivity index (χ0v) is 25.0. The van der Waals surface area contributed by atoms with Crippen LogP contribution in [-0.4, -0.2) is 108 Å². The maximum Gasteiger partial charge on any atom is 0.416 e. The summed E-state index contributed by atoms with van der Waals surface area (Å²) >= 11 is 0. The molecular formula is C30H47F3N4O3. The quantitative estimate of drug-likeness (QED) is 0.473. The normalized spacial score (nSPS) is 28.6. The molecule has 0 aromatic carbocycles. The van der Waals surface area contributed by atoms with Crippen LogP contribution >= 0.6 is 0 Å². The van der Waals surface area contributed by atoms with Crippen LogP contribution in [0.5, 0.6) is 0 Å². The number of ether oxygens (including phenoxy) is 1. The number of amides is 2. The SMILES string of the molecule is CN(C)C(=O)C1CCN(C2(C)C=C(C(F)(F)F)C=CC2CN2CCCC23CCN(C(=O)OC(C)(C)C)CC3)CC1. The molecule has 1 spiro atoms. The average Bonchev–Trinajstić information content (AvgIpc) is 3.24. The molecule has 7 nitrogen and oxygen atoms in total. The highest BCUT2D eigenvalue weighted by atomic mass is 19.4. The van der Waals surface area contributed by atoms with Crippen LogP contribution in [0, 0.1) is 11.8 Å². The van der Waals surface area contributed by atoms with Gasteiger partial charge >= 0.3 is 12.3 Å². The van der Waals surface area contributed by atoms with Gasteiger partial charge in [0.15, 0.2) is 0 Å². The number of nitrogens with zero attached hydrogens (tertiary/aromatic N) is 4. The summed E-state index contributed by atoms with van der Waals surface area (Å²) in [5.74, 6) is -0.123. The Labute approximate surface area is 237 Å². The monoisotopic (exact) mass is 568 g/mol. The first-order valence-electron chi connectivity index (χ1n) is 14.7. The number of hydrogen-bond donors (Lipinski definition) is 0. The predicted octanol–water partition coefficient (Wildman–Crippen LogP) is 5.09. The summed E-state index contributed by atoms with van der Waals surface area (Å²) in [6, 6.07) is 0. The van der Waals surface area contributed by atoms with Gasteiger partial charge in [-0.1, -0.05) is 18.2 Å². The highest BCUT2D eigenvalue weighted by Crippen LogP contribution is 2.44. The van der Waals surface area contributed by atoms with Crippen molar-refractivity contribution in [3.63, 3.8) is 0 Å². The van der Waals surface area contributed by atoms with Crippen molar-refractivity contribution < 1.29 is 27.5 Å². The molecule has 2 amide bonds. The summed E-state index contributed by atoms with van der Waals surface area (Å²) in [6.45, 7) is 11.5. The lowest BCUT2D eigenvalue weighted by Gasteiger charge is -2.51. The van der Waals surface area contributed by atoms with Gasteiger partial charge in [-0.25, -0.2) is 4.79 Å². The Morgan fingerprint density at radius 2 is 1.65 bits per heavy atom. The lowest BCUT2D eigenvalue weighted by atomic mass is 9.75. The van der Waals surface area contributed by atoms with Crippen LogP contribution < -0.4 is 0 Å². The predicted molar refractivity (Wildman–Crippen MR) is 149 cm³/mol. The van der Waals surface area contributed by atoms with Crippen LogP contribution in [0.3, 0.4) is 0 Å². The lowest BCUT2D eigenvalue weighted by molar-refractivity contribution is -0.135. The molecule has 2 atom stereocenters. The van der Waals surface area contributed by atoms with Gasteiger partial charge in [0.25, 0.3) is 0 Å². The van der Waals surface area contributed by atoms with Gasteiger partial charge in [0, 0.05) is 56.6 Å². The molecule has 0 aromatic rings. The molecule has 226 valence electrons. The third-order valence-corrected chi connectivity index (χ3v) is 9.50. The Kier molecular flexibility index (Phi) is 8.73. The van der Waals surface area contributed by atoms with Gasteiger partial charge in [0.05, 0.1) is 5.57 Å². The molecule has 4 aliphatic rings. The van der Waals surface area contributed by atoms with E-state index in [2.05, 4.69) is 9.80 Å². The molecule has 0 aromatic heterocycles. The maximum absolute atomic E-state index is 13.9. The molecule has 0 bridgehead atoms. The number of carbonyl (C=O) groups excluding carboxylic acids is 2. The van der Waals surface area contributed by atoms with E-state index in [1.165, 1.54) is 12.2 Å². The first kappa shape index (κ1) is 30.9. The number of allylic oxidation sites excluding steroid dienone is 2. The molecule has 2 unspecified atom stereocenters. The fraction of sp³-hybridized carbons (Fsp3) is 0.800. The highest BCUT2D eigenvalue weighted by molar-refractivity contribution is 5.78. The Hall–Kier alpha value is -2.07. The summed E-state index contributed by atoms with van der Waals surface area (Å²) in [6.07, 6.45) is 4.79. The van der Waals surface area contributed by atoms with Crippen LogP contribution in [-0.2, 0) is 9.53 Å². The Morgan fingerprint density at radius 3 is 2.20 bits per heavy atom. The second-order valence-electron chi connectivity index (χ2n) is 13.5. The van der Waals surface area contributed by atoms with E-state index in [9.17, 15) is 22.8 Å². The second-order valence-corrected chi connectivity index (χ2v) is 13.5. The van der Waals surface area contributed by atoms with Gasteiger partial charge in [-0.2, -0.15) is 13.2 Å². The molecule has 0 N–H and O–H groups in total. The fourth-order valence-electron chi connectivity index (χ4n) is 7.12. The minimum absolute atomic E-state index is 0.0492. The van der Waals surface area contributed by atoms with Gasteiger partial charge in [-0.15, -0.1) is 0 Å². The number of likely N-dealkylation sites (tertiary alicyclic amines) is 3. The van der Waals surface area contributed by atoms with Crippen molar-refractivity contribution in [2.24, 2.45) is 11.8 Å². The van der Waals surface area contributed by atoms with Crippen LogP contribution in [0.1, 0.15) is 66.2 Å². The van der Waals surface area contributed by atoms with E-state index in [4.69, 9.17) is 4.74 Å². The van der Waals surface area contributed by atoms with Crippen LogP contribution in [0.25, 0.3) is 0 Å². The number of piperidine rings is 2. The summed E-state index contributed by atoms with van der Waals surface area (Å²) in [4.78, 5) is 33.2. The number of rotatable bonds is 4. The molecule has 0 saturated carbocycles. The minimum Gasteiger partial charge on any atom is -0.444 e. The van der Waals surface area contributed by atoms with Gasteiger partial charge in [0.1, 0.15) is 5.60 Å². The number of carbonyl (C=O) groups is 2. The molecule has 1 aliphatic carbocycles. The van der Waals surface area contributed by atoms with Gasteiger partial charge in [0.2, 0.25) is 5.91 Å². The maximum atomic E-state index is 13.9. The number of alkyl halides is 3. The molecule has 3 heterocycles. The topological polar surface area (TPSA) is 56.3 Å². The Balaban J connectivity index is 1.49. The smallest absolute Gasteiger partial charge is 0.416 e. The summed E-state index contributed by atoms with van der Waals surface area (Å²) in [5.41, 5.74) is -2.00. The Morgan fingerprint density at radius 1 is 1.02 bits per heavy atom. The van der Waals surface area contributed by atoms with E-state index in [-0.39, 0.29) is 29.4 Å². The van der Waals surface area contributed by atoms with Crippen molar-refractivity contribution >= 4 is 12.0 Å². The molecule has 10 heteroatoms. The van der Waals surface area contributed by atoms with E-state index in [0.29, 0.717) is 45.6 Å². The molecule has 0 radical (unpaired) electrons. The molecule has 4 rings (SSSR count). The number of halogens is 3. The fourth-order valence-corrected chi connectivity index (χ4v) is 7.12. The van der Waals surface area contributed by atoms with Gasteiger partial charge < -0.3 is 14.5 Å². The van der Waals surface area contributed by atoms with Crippen molar-refractivity contribution in [1.29, 1.82) is 0 Å². The summed E-state index contributed by atoms with van der Waals surface area (Å²) < 4.78 is 47.3. The molecule has 3 fully saturated rings. The van der Waals surface area contributed by atoms with Crippen LogP contribution in [0.2, 0.25) is 0 Å². The molecule has 3 saturated heterocycles. The van der Waals surface area contributed by atoms with Crippen LogP contribution in [0.15, 0.2) is 23.8 Å². The zero-order chi connectivity index (χ0) is 29.5. The van der Waals surface area contributed by atoms with Gasteiger partial charge in [-0.3, -0.25) is 14.6 Å². The van der Waals surface area contributed by atoms with Crippen LogP contribution in [0.4, 0.5) is 18.0 Å². The van der Waals surface area contributed by atoms with Crippen molar-refractivity contribution in [2.75, 3.05) is 53.4 Å². The standard InChI is InChI=1S/C30H47F3N4O3/c1-27(2,3)40-26(39)35-18-13-29(14-19-35)12-7-15-37(29)21-24-9-8-23(30(31,32)33)20-28(24,4)36-16-10-22(11-17-36)25(38)34(5)6/h8-9,20,22,24H,7,10-19,21H2,1-6H3. The second kappa shape index (κ2) is 11.3. The third-order valence-electron chi connectivity index (χ3n) is 9.50. The van der Waals surface area contributed by atoms with Crippen molar-refractivity contribution in [2.45, 2.75) is 89.1 Å². The average molecular weight is 569 g/mol. The largest absolute Gasteiger partial charge is 0.444 e. The Bertz CT molecular complexity index is 1000. The van der Waals surface area contributed by atoms with Crippen molar-refractivity contribution in [3.8, 4) is 0 Å². The van der Waals surface area contributed by atoms with E-state index in [1.807, 2.05) is 27.7 Å². The van der Waals surface area contributed by atoms with E-state index in [0.717, 1.165) is 32.2 Å². The first-order chi connectivity index (χ1) is 18.5. The van der Waals surface area contributed by atoms with E-state index < -0.39 is 22.9 Å². The van der Waals surface area contributed by atoms with Gasteiger partial charge in [-0.05, 0) is 85.9 Å². The highest BCUT2D eigenvalue weighted by Gasteiger charge is 2.49. The molecular weight excluding hydrogens is 521 g/mol. The van der Waals surface area contributed by atoms with E-state index in [1.54, 1.807) is 30.0 Å². The third kappa shape index (κ3) is 6.53.